The molecule has 0 saturated heterocycles. The van der Waals surface area contributed by atoms with Crippen LogP contribution in [0.2, 0.25) is 0 Å². The Hall–Kier alpha value is -2.96. The van der Waals surface area contributed by atoms with E-state index in [9.17, 15) is 4.79 Å². The maximum atomic E-state index is 12.4. The van der Waals surface area contributed by atoms with Crippen molar-refractivity contribution in [1.82, 2.24) is 24.8 Å². The van der Waals surface area contributed by atoms with E-state index < -0.39 is 0 Å². The maximum Gasteiger partial charge on any atom is 0.260 e. The number of hydrogen-bond acceptors (Lipinski definition) is 4. The summed E-state index contributed by atoms with van der Waals surface area (Å²) in [6, 6.07) is 10.1. The fourth-order valence-electron chi connectivity index (χ4n) is 3.22. The molecule has 2 heterocycles. The van der Waals surface area contributed by atoms with Crippen LogP contribution >= 0.6 is 0 Å². The number of aromatic nitrogens is 5. The molecule has 7 heteroatoms. The van der Waals surface area contributed by atoms with Gasteiger partial charge in [0.05, 0.1) is 29.7 Å². The van der Waals surface area contributed by atoms with E-state index in [4.69, 9.17) is 0 Å². The summed E-state index contributed by atoms with van der Waals surface area (Å²) in [5.74, 6) is 0.196. The van der Waals surface area contributed by atoms with Crippen LogP contribution in [0.25, 0.3) is 5.69 Å². The zero-order valence-corrected chi connectivity index (χ0v) is 13.9. The van der Waals surface area contributed by atoms with Crippen LogP contribution < -0.4 is 5.32 Å². The van der Waals surface area contributed by atoms with Gasteiger partial charge in [-0.05, 0) is 25.0 Å². The first kappa shape index (κ1) is 15.6. The van der Waals surface area contributed by atoms with E-state index in [1.807, 2.05) is 41.2 Å². The molecular weight excluding hydrogens is 316 g/mol. The molecule has 2 aromatic heterocycles. The van der Waals surface area contributed by atoms with Gasteiger partial charge in [0, 0.05) is 6.20 Å². The highest BCUT2D eigenvalue weighted by Crippen LogP contribution is 2.27. The lowest BCUT2D eigenvalue weighted by atomic mass is 9.96. The largest absolute Gasteiger partial charge is 0.304 e. The minimum atomic E-state index is -0.220. The molecule has 25 heavy (non-hydrogen) atoms. The number of amides is 1. The first-order valence-electron chi connectivity index (χ1n) is 8.63. The molecule has 0 radical (unpaired) electrons. The van der Waals surface area contributed by atoms with Crippen molar-refractivity contribution in [2.75, 3.05) is 5.32 Å². The summed E-state index contributed by atoms with van der Waals surface area (Å²) in [7, 11) is 0. The molecule has 1 aromatic carbocycles. The quantitative estimate of drug-likeness (QED) is 0.793. The number of nitrogens with zero attached hydrogens (tertiary/aromatic N) is 5. The van der Waals surface area contributed by atoms with E-state index in [0.29, 0.717) is 17.4 Å². The van der Waals surface area contributed by atoms with Gasteiger partial charge in [0.1, 0.15) is 0 Å². The minimum Gasteiger partial charge on any atom is -0.304 e. The highest BCUT2D eigenvalue weighted by molar-refractivity contribution is 6.03. The summed E-state index contributed by atoms with van der Waals surface area (Å²) in [5, 5.41) is 15.2. The van der Waals surface area contributed by atoms with Crippen LogP contribution in [-0.2, 0) is 0 Å². The second kappa shape index (κ2) is 6.88. The van der Waals surface area contributed by atoms with Crippen molar-refractivity contribution in [2.45, 2.75) is 38.1 Å². The minimum absolute atomic E-state index is 0.220. The van der Waals surface area contributed by atoms with E-state index in [1.54, 1.807) is 17.1 Å². The van der Waals surface area contributed by atoms with Crippen LogP contribution in [0.15, 0.2) is 48.9 Å². The Bertz CT molecular complexity index is 847. The Kier molecular flexibility index (Phi) is 4.28. The van der Waals surface area contributed by atoms with Crippen molar-refractivity contribution >= 4 is 11.7 Å². The summed E-state index contributed by atoms with van der Waals surface area (Å²) >= 11 is 0. The van der Waals surface area contributed by atoms with Crippen molar-refractivity contribution in [3.63, 3.8) is 0 Å². The molecule has 0 atom stereocenters. The number of carbonyl (C=O) groups excluding carboxylic acids is 1. The lowest BCUT2D eigenvalue weighted by Crippen LogP contribution is -2.14. The van der Waals surface area contributed by atoms with Gasteiger partial charge in [-0.2, -0.15) is 5.10 Å². The smallest absolute Gasteiger partial charge is 0.260 e. The van der Waals surface area contributed by atoms with Gasteiger partial charge >= 0.3 is 0 Å². The molecule has 0 unspecified atom stereocenters. The number of benzene rings is 1. The number of para-hydroxylation sites is 1. The monoisotopic (exact) mass is 336 g/mol. The second-order valence-electron chi connectivity index (χ2n) is 6.34. The lowest BCUT2D eigenvalue weighted by molar-refractivity contribution is 0.102. The first-order valence-corrected chi connectivity index (χ1v) is 8.63. The number of nitrogens with one attached hydrogen (secondary N) is 1. The van der Waals surface area contributed by atoms with Gasteiger partial charge in [-0.1, -0.05) is 42.7 Å². The number of hydrogen-bond donors (Lipinski definition) is 1. The molecular formula is C18H20N6O. The molecule has 1 amide bonds. The van der Waals surface area contributed by atoms with Gasteiger partial charge in [0.15, 0.2) is 5.82 Å². The third-order valence-corrected chi connectivity index (χ3v) is 4.57. The average molecular weight is 336 g/mol. The zero-order chi connectivity index (χ0) is 17.1. The molecule has 3 aromatic rings. The third kappa shape index (κ3) is 3.45. The van der Waals surface area contributed by atoms with E-state index in [0.717, 1.165) is 18.5 Å². The number of carbonyl (C=O) groups is 1. The van der Waals surface area contributed by atoms with Crippen molar-refractivity contribution < 1.29 is 4.79 Å². The molecule has 1 N–H and O–H groups in total. The van der Waals surface area contributed by atoms with Crippen molar-refractivity contribution in [2.24, 2.45) is 0 Å². The lowest BCUT2D eigenvalue weighted by Gasteiger charge is -2.21. The van der Waals surface area contributed by atoms with Gasteiger partial charge < -0.3 is 5.32 Å². The summed E-state index contributed by atoms with van der Waals surface area (Å²) in [5.41, 5.74) is 1.43. The van der Waals surface area contributed by atoms with E-state index in [2.05, 4.69) is 20.7 Å². The summed E-state index contributed by atoms with van der Waals surface area (Å²) in [4.78, 5) is 12.4. The van der Waals surface area contributed by atoms with E-state index in [-0.39, 0.29) is 5.91 Å². The van der Waals surface area contributed by atoms with Crippen molar-refractivity contribution in [3.05, 3.63) is 54.5 Å². The van der Waals surface area contributed by atoms with Crippen LogP contribution in [0.1, 0.15) is 48.5 Å². The van der Waals surface area contributed by atoms with Crippen LogP contribution in [0.4, 0.5) is 5.82 Å². The summed E-state index contributed by atoms with van der Waals surface area (Å²) in [6.45, 7) is 0. The molecule has 4 rings (SSSR count). The van der Waals surface area contributed by atoms with Crippen LogP contribution in [0.5, 0.6) is 0 Å². The molecule has 0 aliphatic heterocycles. The average Bonchev–Trinajstić information content (AvgIpc) is 3.33. The number of rotatable bonds is 4. The molecule has 1 saturated carbocycles. The molecule has 1 fully saturated rings. The van der Waals surface area contributed by atoms with Gasteiger partial charge in [0.2, 0.25) is 0 Å². The van der Waals surface area contributed by atoms with Gasteiger partial charge in [0.25, 0.3) is 5.91 Å². The van der Waals surface area contributed by atoms with E-state index in [1.165, 1.54) is 19.3 Å². The second-order valence-corrected chi connectivity index (χ2v) is 6.34. The van der Waals surface area contributed by atoms with Crippen molar-refractivity contribution in [3.8, 4) is 5.69 Å². The molecule has 128 valence electrons. The van der Waals surface area contributed by atoms with Gasteiger partial charge in [-0.25, -0.2) is 4.68 Å². The van der Waals surface area contributed by atoms with Gasteiger partial charge in [-0.3, -0.25) is 9.48 Å². The highest BCUT2D eigenvalue weighted by Gasteiger charge is 2.18. The molecule has 1 aliphatic rings. The predicted octanol–water partition coefficient (Wildman–Crippen LogP) is 3.22. The van der Waals surface area contributed by atoms with Crippen molar-refractivity contribution in [1.29, 1.82) is 0 Å². The Morgan fingerprint density at radius 3 is 2.68 bits per heavy atom. The first-order chi connectivity index (χ1) is 12.3. The van der Waals surface area contributed by atoms with Crippen LogP contribution in [-0.4, -0.2) is 30.7 Å². The van der Waals surface area contributed by atoms with Crippen LogP contribution in [0, 0.1) is 0 Å². The SMILES string of the molecule is O=C(Nc1cn(-c2ccccc2)nn1)c1cnn(C2CCCCC2)c1. The molecule has 0 bridgehead atoms. The standard InChI is InChI=1S/C18H20N6O/c25-18(14-11-19-23(12-14)15-7-3-1-4-8-15)20-17-13-24(22-21-17)16-9-5-2-6-10-16/h2,5-6,9-13,15H,1,3-4,7-8H2,(H,20,25). The topological polar surface area (TPSA) is 77.6 Å². The Balaban J connectivity index is 1.44. The molecule has 1 aliphatic carbocycles. The third-order valence-electron chi connectivity index (χ3n) is 4.57. The van der Waals surface area contributed by atoms with Crippen LogP contribution in [0.3, 0.4) is 0 Å². The fraction of sp³-hybridized carbons (Fsp3) is 0.333. The Morgan fingerprint density at radius 1 is 1.08 bits per heavy atom. The fourth-order valence-corrected chi connectivity index (χ4v) is 3.22. The molecule has 7 nitrogen and oxygen atoms in total. The highest BCUT2D eigenvalue weighted by atomic mass is 16.1. The van der Waals surface area contributed by atoms with E-state index >= 15 is 0 Å². The Labute approximate surface area is 145 Å². The summed E-state index contributed by atoms with van der Waals surface area (Å²) in [6.07, 6.45) is 11.2. The predicted molar refractivity (Wildman–Crippen MR) is 93.7 cm³/mol. The normalized spacial score (nSPS) is 15.2. The zero-order valence-electron chi connectivity index (χ0n) is 13.9. The Morgan fingerprint density at radius 2 is 1.88 bits per heavy atom. The summed E-state index contributed by atoms with van der Waals surface area (Å²) < 4.78 is 3.55. The number of anilines is 1. The van der Waals surface area contributed by atoms with Gasteiger partial charge in [-0.15, -0.1) is 5.10 Å². The molecule has 0 spiro atoms. The maximum absolute atomic E-state index is 12.4.